The van der Waals surface area contributed by atoms with Gasteiger partial charge in [0.25, 0.3) is 0 Å². The second-order valence-corrected chi connectivity index (χ2v) is 16.6. The summed E-state index contributed by atoms with van der Waals surface area (Å²) in [5.41, 5.74) is 0.742. The molecule has 0 saturated heterocycles. The zero-order chi connectivity index (χ0) is 36.5. The summed E-state index contributed by atoms with van der Waals surface area (Å²) in [6, 6.07) is 56.1. The molecule has 0 nitrogen and oxygen atoms in total. The van der Waals surface area contributed by atoms with Gasteiger partial charge >= 0.3 is 0 Å². The van der Waals surface area contributed by atoms with Gasteiger partial charge in [-0.3, -0.25) is 0 Å². The number of hydrogen-bond donors (Lipinski definition) is 0. The van der Waals surface area contributed by atoms with Crippen LogP contribution in [0, 0.1) is 29.1 Å². The van der Waals surface area contributed by atoms with Crippen molar-refractivity contribution in [1.29, 1.82) is 0 Å². The van der Waals surface area contributed by atoms with Crippen molar-refractivity contribution < 1.29 is 22.0 Å². The fourth-order valence-electron chi connectivity index (χ4n) is 6.94. The highest BCUT2D eigenvalue weighted by Gasteiger charge is 2.37. The highest BCUT2D eigenvalue weighted by atomic mass is 31.1. The molecule has 53 heavy (non-hydrogen) atoms. The van der Waals surface area contributed by atoms with Crippen LogP contribution < -0.4 is 31.8 Å². The van der Waals surface area contributed by atoms with Crippen molar-refractivity contribution in [1.82, 2.24) is 0 Å². The normalized spacial score (nSPS) is 11.5. The second kappa shape index (κ2) is 14.9. The zero-order valence-electron chi connectivity index (χ0n) is 28.0. The second-order valence-electron chi connectivity index (χ2n) is 12.3. The van der Waals surface area contributed by atoms with E-state index in [9.17, 15) is 4.39 Å². The lowest BCUT2D eigenvalue weighted by molar-refractivity contribution is 0.381. The van der Waals surface area contributed by atoms with E-state index in [1.54, 1.807) is 12.1 Å². The first kappa shape index (κ1) is 34.6. The van der Waals surface area contributed by atoms with Crippen LogP contribution in [0.2, 0.25) is 0 Å². The third-order valence-electron chi connectivity index (χ3n) is 9.19. The summed E-state index contributed by atoms with van der Waals surface area (Å²) in [7, 11) is -3.25. The number of halogens is 5. The summed E-state index contributed by atoms with van der Waals surface area (Å²) in [6.45, 7) is 0. The van der Waals surface area contributed by atoms with E-state index >= 15 is 17.6 Å². The first-order valence-electron chi connectivity index (χ1n) is 16.9. The Kier molecular flexibility index (Phi) is 9.71. The molecule has 0 amide bonds. The standard InChI is InChI=1S/C46H29F5P2/c47-40-39(41(48)43(50)44(51)42(40)49)38-36-29-17-16-28-35(36)37(30-18-6-1-7-19-30)45(52(31-20-8-2-9-21-31)32-22-10-3-11-23-32)46(38)53(33-24-12-4-13-25-33)34-26-14-5-15-27-34/h1-29H. The molecule has 0 bridgehead atoms. The number of fused-ring (bicyclic) bond motifs is 1. The largest absolute Gasteiger partial charge is 0.203 e. The average molecular weight is 739 g/mol. The van der Waals surface area contributed by atoms with Crippen molar-refractivity contribution in [3.63, 3.8) is 0 Å². The third kappa shape index (κ3) is 6.25. The lowest BCUT2D eigenvalue weighted by Crippen LogP contribution is -2.38. The molecule has 0 radical (unpaired) electrons. The van der Waals surface area contributed by atoms with Crippen molar-refractivity contribution in [2.75, 3.05) is 0 Å². The quantitative estimate of drug-likeness (QED) is 0.0630. The number of benzene rings is 8. The topological polar surface area (TPSA) is 0 Å². The van der Waals surface area contributed by atoms with E-state index in [1.165, 1.54) is 0 Å². The van der Waals surface area contributed by atoms with Gasteiger partial charge in [0.2, 0.25) is 5.82 Å². The van der Waals surface area contributed by atoms with E-state index in [0.717, 1.165) is 37.6 Å². The lowest BCUT2D eigenvalue weighted by atomic mass is 9.91. The molecule has 0 saturated carbocycles. The van der Waals surface area contributed by atoms with Crippen LogP contribution in [0.1, 0.15) is 0 Å². The van der Waals surface area contributed by atoms with Crippen molar-refractivity contribution in [3.8, 4) is 22.3 Å². The maximum atomic E-state index is 16.6. The molecule has 0 aromatic heterocycles. The molecule has 0 aliphatic carbocycles. The predicted octanol–water partition coefficient (Wildman–Crippen LogP) is 10.4. The van der Waals surface area contributed by atoms with E-state index in [4.69, 9.17) is 0 Å². The van der Waals surface area contributed by atoms with E-state index in [1.807, 2.05) is 164 Å². The molecule has 0 spiro atoms. The summed E-state index contributed by atoms with van der Waals surface area (Å²) in [5, 5.41) is 5.94. The fraction of sp³-hybridized carbons (Fsp3) is 0. The van der Waals surface area contributed by atoms with Gasteiger partial charge in [-0.1, -0.05) is 176 Å². The molecular formula is C46H29F5P2. The Hall–Kier alpha value is -5.47. The molecule has 0 N–H and O–H groups in total. The van der Waals surface area contributed by atoms with Gasteiger partial charge in [0.05, 0.1) is 5.56 Å². The summed E-state index contributed by atoms with van der Waals surface area (Å²) in [5.74, 6) is -9.91. The van der Waals surface area contributed by atoms with Crippen LogP contribution in [-0.2, 0) is 0 Å². The number of hydrogen-bond acceptors (Lipinski definition) is 0. The van der Waals surface area contributed by atoms with E-state index in [-0.39, 0.29) is 5.56 Å². The minimum Gasteiger partial charge on any atom is -0.203 e. The summed E-state index contributed by atoms with van der Waals surface area (Å²) < 4.78 is 78.8. The summed E-state index contributed by atoms with van der Waals surface area (Å²) in [6.07, 6.45) is 0. The van der Waals surface area contributed by atoms with E-state index < -0.39 is 50.5 Å². The Balaban J connectivity index is 1.71. The molecule has 0 unspecified atom stereocenters. The van der Waals surface area contributed by atoms with Crippen LogP contribution in [0.3, 0.4) is 0 Å². The molecular weight excluding hydrogens is 709 g/mol. The molecule has 0 heterocycles. The van der Waals surface area contributed by atoms with Crippen LogP contribution in [-0.4, -0.2) is 0 Å². The molecule has 0 aliphatic rings. The lowest BCUT2D eigenvalue weighted by Gasteiger charge is -2.33. The van der Waals surface area contributed by atoms with Gasteiger partial charge in [0, 0.05) is 16.2 Å². The predicted molar refractivity (Wildman–Crippen MR) is 212 cm³/mol. The molecule has 8 aromatic rings. The van der Waals surface area contributed by atoms with Crippen molar-refractivity contribution >= 4 is 58.4 Å². The van der Waals surface area contributed by atoms with Crippen molar-refractivity contribution in [2.45, 2.75) is 0 Å². The van der Waals surface area contributed by atoms with Crippen LogP contribution in [0.25, 0.3) is 33.0 Å². The Labute approximate surface area is 306 Å². The average Bonchev–Trinajstić information content (AvgIpc) is 3.22. The van der Waals surface area contributed by atoms with E-state index in [2.05, 4.69) is 0 Å². The fourth-order valence-corrected chi connectivity index (χ4v) is 12.6. The van der Waals surface area contributed by atoms with E-state index in [0.29, 0.717) is 16.1 Å². The monoisotopic (exact) mass is 738 g/mol. The maximum Gasteiger partial charge on any atom is 0.200 e. The molecule has 258 valence electrons. The van der Waals surface area contributed by atoms with Gasteiger partial charge in [-0.25, -0.2) is 22.0 Å². The zero-order valence-corrected chi connectivity index (χ0v) is 29.8. The Morgan fingerprint density at radius 3 is 0.925 bits per heavy atom. The Morgan fingerprint density at radius 1 is 0.264 bits per heavy atom. The van der Waals surface area contributed by atoms with Gasteiger partial charge in [-0.05, 0) is 59.0 Å². The van der Waals surface area contributed by atoms with Gasteiger partial charge in [0.1, 0.15) is 0 Å². The smallest absolute Gasteiger partial charge is 0.200 e. The highest BCUT2D eigenvalue weighted by molar-refractivity contribution is 7.85. The minimum atomic E-state index is -2.19. The van der Waals surface area contributed by atoms with Crippen LogP contribution >= 0.6 is 15.8 Å². The van der Waals surface area contributed by atoms with Gasteiger partial charge in [0.15, 0.2) is 23.3 Å². The molecule has 0 atom stereocenters. The molecule has 8 rings (SSSR count). The Bertz CT molecular complexity index is 2440. The Morgan fingerprint density at radius 2 is 0.547 bits per heavy atom. The van der Waals surface area contributed by atoms with Crippen LogP contribution in [0.4, 0.5) is 22.0 Å². The minimum absolute atomic E-state index is 0.0127. The SMILES string of the molecule is Fc1c(F)c(F)c(-c2c(P(c3ccccc3)c3ccccc3)c(P(c3ccccc3)c3ccccc3)c(-c3ccccc3)c3ccccc23)c(F)c1F. The van der Waals surface area contributed by atoms with Crippen LogP contribution in [0.5, 0.6) is 0 Å². The van der Waals surface area contributed by atoms with Crippen molar-refractivity contribution in [3.05, 3.63) is 205 Å². The molecule has 0 aliphatic heterocycles. The molecule has 7 heteroatoms. The molecule has 8 aromatic carbocycles. The molecule has 0 fully saturated rings. The first-order valence-corrected chi connectivity index (χ1v) is 19.6. The summed E-state index contributed by atoms with van der Waals surface area (Å²) in [4.78, 5) is 0. The van der Waals surface area contributed by atoms with Gasteiger partial charge in [-0.15, -0.1) is 0 Å². The summed E-state index contributed by atoms with van der Waals surface area (Å²) >= 11 is 0. The third-order valence-corrected chi connectivity index (χ3v) is 14.4. The first-order chi connectivity index (χ1) is 26.0. The van der Waals surface area contributed by atoms with Gasteiger partial charge in [-0.2, -0.15) is 0 Å². The van der Waals surface area contributed by atoms with Gasteiger partial charge < -0.3 is 0 Å². The van der Waals surface area contributed by atoms with Crippen LogP contribution in [0.15, 0.2) is 176 Å². The maximum absolute atomic E-state index is 16.6. The highest BCUT2D eigenvalue weighted by Crippen LogP contribution is 2.49. The van der Waals surface area contributed by atoms with Crippen molar-refractivity contribution in [2.24, 2.45) is 0 Å². The number of rotatable bonds is 8.